The van der Waals surface area contributed by atoms with Gasteiger partial charge >= 0.3 is 0 Å². The maximum absolute atomic E-state index is 13.4. The molecule has 0 heterocycles. The molecule has 2 aromatic rings. The predicted molar refractivity (Wildman–Crippen MR) is 84.0 cm³/mol. The molecule has 2 aromatic carbocycles. The maximum Gasteiger partial charge on any atom is 0.261 e. The molecule has 112 valence electrons. The lowest BCUT2D eigenvalue weighted by molar-refractivity contribution is 0.596. The van der Waals surface area contributed by atoms with Crippen LogP contribution in [0.5, 0.6) is 0 Å². The number of hydrogen-bond donors (Lipinski definition) is 2. The quantitative estimate of drug-likeness (QED) is 0.865. The van der Waals surface area contributed by atoms with Gasteiger partial charge in [-0.15, -0.1) is 0 Å². The highest BCUT2D eigenvalue weighted by Gasteiger charge is 2.16. The largest absolute Gasteiger partial charge is 0.326 e. The van der Waals surface area contributed by atoms with E-state index < -0.39 is 15.8 Å². The third-order valence-electron chi connectivity index (χ3n) is 2.96. The second-order valence-corrected chi connectivity index (χ2v) is 7.06. The molecule has 0 unspecified atom stereocenters. The summed E-state index contributed by atoms with van der Waals surface area (Å²) in [5, 5.41) is 0. The van der Waals surface area contributed by atoms with Crippen LogP contribution in [-0.4, -0.2) is 8.42 Å². The first kappa shape index (κ1) is 15.9. The average Bonchev–Trinajstić information content (AvgIpc) is 2.43. The molecule has 0 aliphatic rings. The molecule has 0 aliphatic carbocycles. The number of nitrogens with two attached hydrogens (primary N) is 1. The highest BCUT2D eigenvalue weighted by Crippen LogP contribution is 2.23. The minimum atomic E-state index is -3.78. The molecule has 0 aromatic heterocycles. The minimum absolute atomic E-state index is 0.0232. The Labute approximate surface area is 131 Å². The van der Waals surface area contributed by atoms with Crippen molar-refractivity contribution in [3.8, 4) is 0 Å². The van der Waals surface area contributed by atoms with Gasteiger partial charge in [0.25, 0.3) is 10.0 Å². The zero-order valence-corrected chi connectivity index (χ0v) is 13.6. The van der Waals surface area contributed by atoms with E-state index in [0.717, 1.165) is 16.1 Å². The van der Waals surface area contributed by atoms with Crippen LogP contribution in [-0.2, 0) is 16.6 Å². The van der Waals surface area contributed by atoms with Gasteiger partial charge in [0.05, 0.1) is 4.90 Å². The first-order valence-corrected chi connectivity index (χ1v) is 8.38. The molecule has 0 bridgehead atoms. The SMILES string of the molecule is Cc1cc(NS(=O)(=O)c2ccc(F)c(CN)c2)ccc1Br. The topological polar surface area (TPSA) is 72.2 Å². The number of anilines is 1. The maximum atomic E-state index is 13.4. The van der Waals surface area contributed by atoms with Crippen molar-refractivity contribution in [1.29, 1.82) is 0 Å². The molecule has 0 spiro atoms. The van der Waals surface area contributed by atoms with Crippen LogP contribution >= 0.6 is 15.9 Å². The lowest BCUT2D eigenvalue weighted by Crippen LogP contribution is -2.14. The Kier molecular flexibility index (Phi) is 4.65. The Hall–Kier alpha value is -1.44. The summed E-state index contributed by atoms with van der Waals surface area (Å²) in [6, 6.07) is 8.65. The van der Waals surface area contributed by atoms with Crippen LogP contribution in [0.1, 0.15) is 11.1 Å². The molecular weight excluding hydrogens is 359 g/mol. The van der Waals surface area contributed by atoms with Crippen LogP contribution in [0.4, 0.5) is 10.1 Å². The Morgan fingerprint density at radius 3 is 2.57 bits per heavy atom. The molecule has 0 amide bonds. The molecule has 0 saturated heterocycles. The van der Waals surface area contributed by atoms with Gasteiger partial charge in [-0.05, 0) is 48.9 Å². The van der Waals surface area contributed by atoms with Gasteiger partial charge in [0, 0.05) is 22.3 Å². The molecule has 0 saturated carbocycles. The van der Waals surface area contributed by atoms with Gasteiger partial charge in [-0.2, -0.15) is 0 Å². The number of nitrogens with one attached hydrogen (secondary N) is 1. The van der Waals surface area contributed by atoms with E-state index in [9.17, 15) is 12.8 Å². The van der Waals surface area contributed by atoms with Crippen molar-refractivity contribution < 1.29 is 12.8 Å². The van der Waals surface area contributed by atoms with Crippen molar-refractivity contribution in [2.24, 2.45) is 5.73 Å². The van der Waals surface area contributed by atoms with Crippen molar-refractivity contribution in [1.82, 2.24) is 0 Å². The Bertz CT molecular complexity index is 779. The monoisotopic (exact) mass is 372 g/mol. The van der Waals surface area contributed by atoms with E-state index in [-0.39, 0.29) is 17.0 Å². The summed E-state index contributed by atoms with van der Waals surface area (Å²) >= 11 is 3.35. The Morgan fingerprint density at radius 2 is 1.95 bits per heavy atom. The lowest BCUT2D eigenvalue weighted by atomic mass is 10.2. The van der Waals surface area contributed by atoms with E-state index >= 15 is 0 Å². The van der Waals surface area contributed by atoms with Crippen LogP contribution < -0.4 is 10.5 Å². The van der Waals surface area contributed by atoms with Crippen molar-refractivity contribution in [3.63, 3.8) is 0 Å². The predicted octanol–water partition coefficient (Wildman–Crippen LogP) is 3.16. The number of rotatable bonds is 4. The zero-order chi connectivity index (χ0) is 15.6. The summed E-state index contributed by atoms with van der Waals surface area (Å²) in [5.41, 5.74) is 6.89. The third-order valence-corrected chi connectivity index (χ3v) is 5.23. The fourth-order valence-corrected chi connectivity index (χ4v) is 3.14. The molecule has 3 N–H and O–H groups in total. The highest BCUT2D eigenvalue weighted by molar-refractivity contribution is 9.10. The van der Waals surface area contributed by atoms with Gasteiger partial charge in [-0.3, -0.25) is 4.72 Å². The number of halogens is 2. The summed E-state index contributed by atoms with van der Waals surface area (Å²) in [6.07, 6.45) is 0. The van der Waals surface area contributed by atoms with Crippen molar-refractivity contribution in [2.75, 3.05) is 4.72 Å². The van der Waals surface area contributed by atoms with E-state index in [0.29, 0.717) is 5.69 Å². The fourth-order valence-electron chi connectivity index (χ4n) is 1.80. The summed E-state index contributed by atoms with van der Waals surface area (Å²) < 4.78 is 41.3. The Balaban J connectivity index is 2.35. The molecule has 0 atom stereocenters. The summed E-state index contributed by atoms with van der Waals surface area (Å²) in [7, 11) is -3.78. The zero-order valence-electron chi connectivity index (χ0n) is 11.2. The standard InChI is InChI=1S/C14H14BrFN2O2S/c1-9-6-11(2-4-13(9)15)18-21(19,20)12-3-5-14(16)10(7-12)8-17/h2-7,18H,8,17H2,1H3. The van der Waals surface area contributed by atoms with Crippen LogP contribution in [0.3, 0.4) is 0 Å². The van der Waals surface area contributed by atoms with Crippen molar-refractivity contribution in [2.45, 2.75) is 18.4 Å². The van der Waals surface area contributed by atoms with Crippen molar-refractivity contribution >= 4 is 31.6 Å². The van der Waals surface area contributed by atoms with Gasteiger partial charge in [0.1, 0.15) is 5.82 Å². The first-order chi connectivity index (χ1) is 9.83. The summed E-state index contributed by atoms with van der Waals surface area (Å²) in [6.45, 7) is 1.79. The van der Waals surface area contributed by atoms with E-state index in [1.54, 1.807) is 18.2 Å². The van der Waals surface area contributed by atoms with E-state index in [4.69, 9.17) is 5.73 Å². The number of benzene rings is 2. The third kappa shape index (κ3) is 3.61. The summed E-state index contributed by atoms with van der Waals surface area (Å²) in [4.78, 5) is -0.0232. The van der Waals surface area contributed by atoms with Crippen molar-refractivity contribution in [3.05, 3.63) is 57.8 Å². The minimum Gasteiger partial charge on any atom is -0.326 e. The van der Waals surface area contributed by atoms with Crippen LogP contribution in [0, 0.1) is 12.7 Å². The molecule has 0 aliphatic heterocycles. The fraction of sp³-hybridized carbons (Fsp3) is 0.143. The number of sulfonamides is 1. The number of hydrogen-bond acceptors (Lipinski definition) is 3. The molecular formula is C14H14BrFN2O2S. The first-order valence-electron chi connectivity index (χ1n) is 6.11. The van der Waals surface area contributed by atoms with E-state index in [1.165, 1.54) is 12.1 Å². The Morgan fingerprint density at radius 1 is 1.24 bits per heavy atom. The molecule has 2 rings (SSSR count). The van der Waals surface area contributed by atoms with Crippen LogP contribution in [0.15, 0.2) is 45.8 Å². The van der Waals surface area contributed by atoms with Gasteiger partial charge in [-0.25, -0.2) is 12.8 Å². The van der Waals surface area contributed by atoms with Crippen LogP contribution in [0.25, 0.3) is 0 Å². The normalized spacial score (nSPS) is 11.4. The highest BCUT2D eigenvalue weighted by atomic mass is 79.9. The molecule has 0 fully saturated rings. The van der Waals surface area contributed by atoms with E-state index in [2.05, 4.69) is 20.7 Å². The lowest BCUT2D eigenvalue weighted by Gasteiger charge is -2.10. The van der Waals surface area contributed by atoms with E-state index in [1.807, 2.05) is 6.92 Å². The molecule has 4 nitrogen and oxygen atoms in total. The molecule has 0 radical (unpaired) electrons. The van der Waals surface area contributed by atoms with Gasteiger partial charge < -0.3 is 5.73 Å². The van der Waals surface area contributed by atoms with Gasteiger partial charge in [-0.1, -0.05) is 15.9 Å². The van der Waals surface area contributed by atoms with Gasteiger partial charge in [0.2, 0.25) is 0 Å². The average molecular weight is 373 g/mol. The molecule has 7 heteroatoms. The molecule has 21 heavy (non-hydrogen) atoms. The van der Waals surface area contributed by atoms with Gasteiger partial charge in [0.15, 0.2) is 0 Å². The second kappa shape index (κ2) is 6.13. The smallest absolute Gasteiger partial charge is 0.261 e. The summed E-state index contributed by atoms with van der Waals surface area (Å²) in [5.74, 6) is -0.518. The van der Waals surface area contributed by atoms with Crippen LogP contribution in [0.2, 0.25) is 0 Å². The second-order valence-electron chi connectivity index (χ2n) is 4.53. The number of aryl methyl sites for hydroxylation is 1.